The molecule has 2 heterocycles. The Morgan fingerprint density at radius 1 is 1.42 bits per heavy atom. The van der Waals surface area contributed by atoms with E-state index in [1.807, 2.05) is 27.7 Å². The molecular formula is C17H27ClN4O4. The number of ether oxygens (including phenoxy) is 2. The highest BCUT2D eigenvalue weighted by molar-refractivity contribution is 6.30. The van der Waals surface area contributed by atoms with E-state index in [1.165, 1.54) is 0 Å². The van der Waals surface area contributed by atoms with Crippen molar-refractivity contribution in [1.82, 2.24) is 20.2 Å². The Hall–Kier alpha value is -1.80. The second kappa shape index (κ2) is 8.26. The summed E-state index contributed by atoms with van der Waals surface area (Å²) < 4.78 is 10.9. The van der Waals surface area contributed by atoms with E-state index in [2.05, 4.69) is 15.3 Å². The summed E-state index contributed by atoms with van der Waals surface area (Å²) in [6.45, 7) is 8.21. The molecular weight excluding hydrogens is 360 g/mol. The second-order valence-corrected chi connectivity index (χ2v) is 7.64. The minimum atomic E-state index is -0.555. The number of nitrogens with one attached hydrogen (secondary N) is 2. The number of rotatable bonds is 4. The Labute approximate surface area is 158 Å². The van der Waals surface area contributed by atoms with Gasteiger partial charge in [-0.1, -0.05) is 18.5 Å². The zero-order chi connectivity index (χ0) is 19.5. The van der Waals surface area contributed by atoms with Crippen molar-refractivity contribution in [3.63, 3.8) is 0 Å². The van der Waals surface area contributed by atoms with E-state index < -0.39 is 5.60 Å². The van der Waals surface area contributed by atoms with Gasteiger partial charge >= 0.3 is 6.09 Å². The van der Waals surface area contributed by atoms with Crippen LogP contribution < -0.4 is 5.32 Å². The van der Waals surface area contributed by atoms with Gasteiger partial charge in [0, 0.05) is 13.7 Å². The third-order valence-electron chi connectivity index (χ3n) is 4.13. The lowest BCUT2D eigenvalue weighted by atomic mass is 10.0. The molecule has 0 bridgehead atoms. The Morgan fingerprint density at radius 2 is 2.12 bits per heavy atom. The van der Waals surface area contributed by atoms with Gasteiger partial charge in [0.05, 0.1) is 24.4 Å². The molecule has 1 fully saturated rings. The lowest BCUT2D eigenvalue weighted by Crippen LogP contribution is -2.56. The summed E-state index contributed by atoms with van der Waals surface area (Å²) in [5, 5.41) is 3.22. The molecule has 0 spiro atoms. The number of methoxy groups -OCH3 is 1. The second-order valence-electron chi connectivity index (χ2n) is 7.28. The minimum absolute atomic E-state index is 0.177. The highest BCUT2D eigenvalue weighted by Gasteiger charge is 2.35. The third kappa shape index (κ3) is 5.11. The fourth-order valence-corrected chi connectivity index (χ4v) is 3.04. The van der Waals surface area contributed by atoms with Crippen molar-refractivity contribution in [1.29, 1.82) is 0 Å². The Kier molecular flexibility index (Phi) is 6.52. The molecule has 26 heavy (non-hydrogen) atoms. The smallest absolute Gasteiger partial charge is 0.410 e. The third-order valence-corrected chi connectivity index (χ3v) is 4.44. The van der Waals surface area contributed by atoms with Crippen LogP contribution in [0.4, 0.5) is 4.79 Å². The molecule has 2 amide bonds. The van der Waals surface area contributed by atoms with E-state index in [-0.39, 0.29) is 30.0 Å². The number of carbonyl (C=O) groups excluding carboxylic acids is 2. The quantitative estimate of drug-likeness (QED) is 0.828. The predicted molar refractivity (Wildman–Crippen MR) is 97.5 cm³/mol. The highest BCUT2D eigenvalue weighted by atomic mass is 35.5. The number of hydrogen-bond donors (Lipinski definition) is 2. The van der Waals surface area contributed by atoms with Crippen molar-refractivity contribution in [2.24, 2.45) is 0 Å². The summed E-state index contributed by atoms with van der Waals surface area (Å²) in [7, 11) is 1.56. The molecule has 1 aliphatic rings. The van der Waals surface area contributed by atoms with Gasteiger partial charge in [0.15, 0.2) is 11.0 Å². The van der Waals surface area contributed by atoms with Crippen LogP contribution in [0.3, 0.4) is 0 Å². The van der Waals surface area contributed by atoms with E-state index in [9.17, 15) is 9.59 Å². The first-order valence-electron chi connectivity index (χ1n) is 8.70. The number of piperidine rings is 1. The van der Waals surface area contributed by atoms with Crippen LogP contribution in [0.2, 0.25) is 5.15 Å². The van der Waals surface area contributed by atoms with Crippen molar-refractivity contribution in [2.75, 3.05) is 20.2 Å². The average molecular weight is 387 g/mol. The first-order valence-corrected chi connectivity index (χ1v) is 9.08. The number of likely N-dealkylation sites (tertiary alicyclic amines) is 1. The first-order chi connectivity index (χ1) is 12.1. The zero-order valence-electron chi connectivity index (χ0n) is 15.9. The Morgan fingerprint density at radius 3 is 2.65 bits per heavy atom. The van der Waals surface area contributed by atoms with E-state index >= 15 is 0 Å². The normalized spacial score (nSPS) is 20.8. The van der Waals surface area contributed by atoms with Gasteiger partial charge in [0.25, 0.3) is 5.91 Å². The number of aryl methyl sites for hydroxylation is 1. The van der Waals surface area contributed by atoms with Gasteiger partial charge in [-0.25, -0.2) is 9.78 Å². The molecule has 1 aromatic rings. The Balaban J connectivity index is 1.98. The molecule has 0 aliphatic carbocycles. The van der Waals surface area contributed by atoms with Gasteiger partial charge in [-0.3, -0.25) is 4.79 Å². The summed E-state index contributed by atoms with van der Waals surface area (Å²) >= 11 is 5.99. The highest BCUT2D eigenvalue weighted by Crippen LogP contribution is 2.18. The molecule has 9 heteroatoms. The molecule has 0 radical (unpaired) electrons. The van der Waals surface area contributed by atoms with E-state index in [0.717, 1.165) is 5.69 Å². The number of carbonyl (C=O) groups is 2. The fourth-order valence-electron chi connectivity index (χ4n) is 2.78. The van der Waals surface area contributed by atoms with Gasteiger partial charge in [-0.05, 0) is 33.6 Å². The SMILES string of the molecule is CCc1[nH]c(C(=O)NC2CCN(C(=O)OC(C)(C)C)CC2OC)nc1Cl. The van der Waals surface area contributed by atoms with E-state index in [0.29, 0.717) is 31.1 Å². The van der Waals surface area contributed by atoms with Crippen LogP contribution in [0.1, 0.15) is 50.4 Å². The van der Waals surface area contributed by atoms with Gasteiger partial charge < -0.3 is 24.7 Å². The number of nitrogens with zero attached hydrogens (tertiary/aromatic N) is 2. The molecule has 8 nitrogen and oxygen atoms in total. The summed E-state index contributed by atoms with van der Waals surface area (Å²) in [5.74, 6) is -0.166. The van der Waals surface area contributed by atoms with E-state index in [1.54, 1.807) is 12.0 Å². The number of hydrogen-bond acceptors (Lipinski definition) is 5. The lowest BCUT2D eigenvalue weighted by molar-refractivity contribution is -0.0172. The van der Waals surface area contributed by atoms with Crippen molar-refractivity contribution in [3.05, 3.63) is 16.7 Å². The molecule has 1 saturated heterocycles. The molecule has 1 aromatic heterocycles. The van der Waals surface area contributed by atoms with Crippen LogP contribution in [-0.2, 0) is 15.9 Å². The summed E-state index contributed by atoms with van der Waals surface area (Å²) in [6.07, 6.45) is 0.498. The van der Waals surface area contributed by atoms with Crippen molar-refractivity contribution >= 4 is 23.6 Å². The molecule has 2 rings (SSSR count). The summed E-state index contributed by atoms with van der Waals surface area (Å²) in [6, 6.07) is -0.236. The molecule has 2 atom stereocenters. The molecule has 0 saturated carbocycles. The summed E-state index contributed by atoms with van der Waals surface area (Å²) in [5.41, 5.74) is 0.167. The van der Waals surface area contributed by atoms with Crippen LogP contribution >= 0.6 is 11.6 Å². The monoisotopic (exact) mass is 386 g/mol. The van der Waals surface area contributed by atoms with Crippen LogP contribution in [0.15, 0.2) is 0 Å². The van der Waals surface area contributed by atoms with Crippen LogP contribution in [0.5, 0.6) is 0 Å². The summed E-state index contributed by atoms with van der Waals surface area (Å²) in [4.78, 5) is 33.2. The van der Waals surface area contributed by atoms with Crippen LogP contribution in [0, 0.1) is 0 Å². The molecule has 2 N–H and O–H groups in total. The zero-order valence-corrected chi connectivity index (χ0v) is 16.6. The standard InChI is InChI=1S/C17H27ClN4O4/c1-6-10-13(18)21-14(19-10)15(23)20-11-7-8-22(9-12(11)25-5)16(24)26-17(2,3)4/h11-12H,6-9H2,1-5H3,(H,19,21)(H,20,23). The maximum Gasteiger partial charge on any atom is 0.410 e. The maximum atomic E-state index is 12.4. The van der Waals surface area contributed by atoms with Gasteiger partial charge in [0.2, 0.25) is 0 Å². The van der Waals surface area contributed by atoms with Gasteiger partial charge in [0.1, 0.15) is 5.60 Å². The first kappa shape index (κ1) is 20.5. The topological polar surface area (TPSA) is 96.6 Å². The molecule has 2 unspecified atom stereocenters. The van der Waals surface area contributed by atoms with Crippen molar-refractivity contribution in [2.45, 2.75) is 58.3 Å². The number of halogens is 1. The number of aromatic amines is 1. The van der Waals surface area contributed by atoms with Crippen molar-refractivity contribution in [3.8, 4) is 0 Å². The number of amides is 2. The van der Waals surface area contributed by atoms with Crippen molar-refractivity contribution < 1.29 is 19.1 Å². The maximum absolute atomic E-state index is 12.4. The fraction of sp³-hybridized carbons (Fsp3) is 0.706. The molecule has 0 aromatic carbocycles. The Bertz CT molecular complexity index is 656. The van der Waals surface area contributed by atoms with Crippen LogP contribution in [-0.4, -0.2) is 64.8 Å². The van der Waals surface area contributed by atoms with Gasteiger partial charge in [-0.2, -0.15) is 0 Å². The largest absolute Gasteiger partial charge is 0.444 e. The van der Waals surface area contributed by atoms with Crippen LogP contribution in [0.25, 0.3) is 0 Å². The average Bonchev–Trinajstić information content (AvgIpc) is 2.94. The number of imidazole rings is 1. The number of H-pyrrole nitrogens is 1. The lowest BCUT2D eigenvalue weighted by Gasteiger charge is -2.38. The minimum Gasteiger partial charge on any atom is -0.444 e. The van der Waals surface area contributed by atoms with Gasteiger partial charge in [-0.15, -0.1) is 0 Å². The predicted octanol–water partition coefficient (Wildman–Crippen LogP) is 2.38. The molecule has 1 aliphatic heterocycles. The number of aromatic nitrogens is 2. The molecule has 146 valence electrons. The van der Waals surface area contributed by atoms with E-state index in [4.69, 9.17) is 21.1 Å².